The summed E-state index contributed by atoms with van der Waals surface area (Å²) in [5, 5.41) is 9.38. The van der Waals surface area contributed by atoms with Crippen LogP contribution in [0.5, 0.6) is 0 Å². The van der Waals surface area contributed by atoms with Crippen LogP contribution in [-0.2, 0) is 9.53 Å². The van der Waals surface area contributed by atoms with Crippen molar-refractivity contribution >= 4 is 5.97 Å². The number of rotatable bonds is 31. The van der Waals surface area contributed by atoms with Crippen LogP contribution in [0.4, 0.5) is 0 Å². The van der Waals surface area contributed by atoms with Crippen molar-refractivity contribution in [1.82, 2.24) is 0 Å². The van der Waals surface area contributed by atoms with Crippen molar-refractivity contribution in [1.29, 1.82) is 0 Å². The Hall–Kier alpha value is -0.570. The van der Waals surface area contributed by atoms with E-state index >= 15 is 0 Å². The second-order valence-electron chi connectivity index (χ2n) is 12.3. The topological polar surface area (TPSA) is 46.5 Å². The second-order valence-corrected chi connectivity index (χ2v) is 12.3. The predicted molar refractivity (Wildman–Crippen MR) is 167 cm³/mol. The zero-order chi connectivity index (χ0) is 27.9. The van der Waals surface area contributed by atoms with Gasteiger partial charge in [-0.1, -0.05) is 155 Å². The van der Waals surface area contributed by atoms with Gasteiger partial charge in [0.2, 0.25) is 0 Å². The Kier molecular flexibility index (Phi) is 30.5. The van der Waals surface area contributed by atoms with Crippen molar-refractivity contribution in [3.05, 3.63) is 0 Å². The molecule has 38 heavy (non-hydrogen) atoms. The lowest BCUT2D eigenvalue weighted by Crippen LogP contribution is -2.13. The Labute approximate surface area is 239 Å². The molecule has 228 valence electrons. The smallest absolute Gasteiger partial charge is 0.306 e. The minimum atomic E-state index is -0.258. The number of unbranched alkanes of at least 4 members (excludes halogenated alkanes) is 21. The highest BCUT2D eigenvalue weighted by Crippen LogP contribution is 2.23. The molecule has 0 aliphatic rings. The molecule has 0 aromatic carbocycles. The fourth-order valence-corrected chi connectivity index (χ4v) is 5.57. The van der Waals surface area contributed by atoms with Crippen LogP contribution in [0.1, 0.15) is 201 Å². The average Bonchev–Trinajstić information content (AvgIpc) is 2.89. The van der Waals surface area contributed by atoms with E-state index in [0.29, 0.717) is 18.9 Å². The molecule has 0 rings (SSSR count). The molecule has 0 amide bonds. The van der Waals surface area contributed by atoms with E-state index in [1.807, 2.05) is 6.92 Å². The minimum Gasteiger partial charge on any atom is -0.466 e. The molecule has 0 bridgehead atoms. The molecule has 0 aromatic rings. The highest BCUT2D eigenvalue weighted by molar-refractivity contribution is 5.69. The van der Waals surface area contributed by atoms with Crippen LogP contribution in [0.2, 0.25) is 0 Å². The predicted octanol–water partition coefficient (Wildman–Crippen LogP) is 11.5. The van der Waals surface area contributed by atoms with Crippen molar-refractivity contribution in [2.24, 2.45) is 5.92 Å². The Balaban J connectivity index is 4.02. The SMILES string of the molecule is CCCCCCCCCCCCCCC(CCCCCCCCCCCC)CC(=O)OCCCCC(C)O. The normalized spacial score (nSPS) is 13.1. The van der Waals surface area contributed by atoms with Crippen molar-refractivity contribution in [2.75, 3.05) is 6.61 Å². The molecular weight excluding hydrogens is 468 g/mol. The van der Waals surface area contributed by atoms with E-state index in [4.69, 9.17) is 4.74 Å². The summed E-state index contributed by atoms with van der Waals surface area (Å²) >= 11 is 0. The maximum absolute atomic E-state index is 12.5. The molecule has 0 fully saturated rings. The van der Waals surface area contributed by atoms with E-state index in [9.17, 15) is 9.90 Å². The highest BCUT2D eigenvalue weighted by atomic mass is 16.5. The van der Waals surface area contributed by atoms with Gasteiger partial charge in [0.05, 0.1) is 12.7 Å². The molecule has 0 heterocycles. The molecule has 2 unspecified atom stereocenters. The van der Waals surface area contributed by atoms with Crippen LogP contribution < -0.4 is 0 Å². The first-order valence-corrected chi connectivity index (χ1v) is 17.4. The van der Waals surface area contributed by atoms with Gasteiger partial charge in [-0.05, 0) is 44.9 Å². The van der Waals surface area contributed by atoms with Gasteiger partial charge in [0.1, 0.15) is 0 Å². The molecule has 0 radical (unpaired) electrons. The standard InChI is InChI=1S/C35H70O3/c1-4-6-8-10-12-14-16-17-19-21-23-25-30-34(32-35(37)38-31-27-26-28-33(3)36)29-24-22-20-18-15-13-11-9-7-5-2/h33-34,36H,4-32H2,1-3H3. The third-order valence-corrected chi connectivity index (χ3v) is 8.17. The van der Waals surface area contributed by atoms with Crippen LogP contribution in [0, 0.1) is 5.92 Å². The van der Waals surface area contributed by atoms with Crippen LogP contribution in [-0.4, -0.2) is 23.8 Å². The van der Waals surface area contributed by atoms with Gasteiger partial charge in [-0.3, -0.25) is 4.79 Å². The molecule has 0 saturated carbocycles. The fraction of sp³-hybridized carbons (Fsp3) is 0.971. The zero-order valence-electron chi connectivity index (χ0n) is 26.4. The quantitative estimate of drug-likeness (QED) is 0.0705. The van der Waals surface area contributed by atoms with Gasteiger partial charge < -0.3 is 9.84 Å². The highest BCUT2D eigenvalue weighted by Gasteiger charge is 2.15. The summed E-state index contributed by atoms with van der Waals surface area (Å²) in [6.45, 7) is 6.90. The molecule has 0 aliphatic carbocycles. The molecule has 3 nitrogen and oxygen atoms in total. The number of hydrogen-bond donors (Lipinski definition) is 1. The lowest BCUT2D eigenvalue weighted by molar-refractivity contribution is -0.145. The van der Waals surface area contributed by atoms with Gasteiger partial charge in [-0.15, -0.1) is 0 Å². The minimum absolute atomic E-state index is 0.00179. The summed E-state index contributed by atoms with van der Waals surface area (Å²) < 4.78 is 5.55. The van der Waals surface area contributed by atoms with Crippen molar-refractivity contribution in [3.8, 4) is 0 Å². The maximum Gasteiger partial charge on any atom is 0.306 e. The summed E-state index contributed by atoms with van der Waals surface area (Å²) in [5.74, 6) is 0.496. The third-order valence-electron chi connectivity index (χ3n) is 8.17. The lowest BCUT2D eigenvalue weighted by atomic mass is 9.91. The summed E-state index contributed by atoms with van der Waals surface area (Å²) in [6, 6.07) is 0. The molecular formula is C35H70O3. The second kappa shape index (κ2) is 31.0. The number of esters is 1. The molecule has 0 saturated heterocycles. The number of carbonyl (C=O) groups excluding carboxylic acids is 1. The summed E-state index contributed by atoms with van der Waals surface area (Å²) in [6.07, 6.45) is 35.5. The van der Waals surface area contributed by atoms with Gasteiger partial charge in [0, 0.05) is 6.42 Å². The van der Waals surface area contributed by atoms with E-state index in [1.54, 1.807) is 0 Å². The Morgan fingerprint density at radius 3 is 1.24 bits per heavy atom. The van der Waals surface area contributed by atoms with Gasteiger partial charge >= 0.3 is 5.97 Å². The Morgan fingerprint density at radius 1 is 0.526 bits per heavy atom. The molecule has 0 aliphatic heterocycles. The van der Waals surface area contributed by atoms with Crippen molar-refractivity contribution in [2.45, 2.75) is 207 Å². The van der Waals surface area contributed by atoms with Crippen LogP contribution >= 0.6 is 0 Å². The van der Waals surface area contributed by atoms with Gasteiger partial charge in [-0.2, -0.15) is 0 Å². The van der Waals surface area contributed by atoms with Crippen LogP contribution in [0.3, 0.4) is 0 Å². The summed E-state index contributed by atoms with van der Waals surface area (Å²) in [5.41, 5.74) is 0. The van der Waals surface area contributed by atoms with Gasteiger partial charge in [0.15, 0.2) is 0 Å². The Morgan fingerprint density at radius 2 is 0.868 bits per heavy atom. The number of aliphatic hydroxyl groups is 1. The average molecular weight is 539 g/mol. The van der Waals surface area contributed by atoms with Gasteiger partial charge in [0.25, 0.3) is 0 Å². The van der Waals surface area contributed by atoms with Crippen molar-refractivity contribution in [3.63, 3.8) is 0 Å². The number of carbonyl (C=O) groups is 1. The fourth-order valence-electron chi connectivity index (χ4n) is 5.57. The first kappa shape index (κ1) is 37.4. The zero-order valence-corrected chi connectivity index (χ0v) is 26.4. The molecule has 0 aromatic heterocycles. The van der Waals surface area contributed by atoms with Crippen LogP contribution in [0.25, 0.3) is 0 Å². The summed E-state index contributed by atoms with van der Waals surface area (Å²) in [4.78, 5) is 12.5. The van der Waals surface area contributed by atoms with E-state index < -0.39 is 0 Å². The first-order chi connectivity index (χ1) is 18.6. The molecule has 3 heteroatoms. The van der Waals surface area contributed by atoms with E-state index in [2.05, 4.69) is 13.8 Å². The largest absolute Gasteiger partial charge is 0.466 e. The molecule has 2 atom stereocenters. The molecule has 0 spiro atoms. The molecule has 1 N–H and O–H groups in total. The Bertz CT molecular complexity index is 462. The third kappa shape index (κ3) is 30.0. The van der Waals surface area contributed by atoms with Crippen LogP contribution in [0.15, 0.2) is 0 Å². The van der Waals surface area contributed by atoms with Gasteiger partial charge in [-0.25, -0.2) is 0 Å². The number of aliphatic hydroxyl groups excluding tert-OH is 1. The number of ether oxygens (including phenoxy) is 1. The first-order valence-electron chi connectivity index (χ1n) is 17.4. The monoisotopic (exact) mass is 539 g/mol. The number of hydrogen-bond acceptors (Lipinski definition) is 3. The maximum atomic E-state index is 12.5. The van der Waals surface area contributed by atoms with E-state index in [0.717, 1.165) is 19.3 Å². The van der Waals surface area contributed by atoms with E-state index in [1.165, 1.54) is 154 Å². The summed E-state index contributed by atoms with van der Waals surface area (Å²) in [7, 11) is 0. The lowest BCUT2D eigenvalue weighted by Gasteiger charge is -2.16. The van der Waals surface area contributed by atoms with E-state index in [-0.39, 0.29) is 12.1 Å². The van der Waals surface area contributed by atoms with Crippen molar-refractivity contribution < 1.29 is 14.6 Å².